The van der Waals surface area contributed by atoms with Crippen molar-refractivity contribution in [1.29, 1.82) is 0 Å². The van der Waals surface area contributed by atoms with Crippen LogP contribution in [0.15, 0.2) is 64.5 Å². The van der Waals surface area contributed by atoms with E-state index in [9.17, 15) is 9.59 Å². The maximum atomic E-state index is 13.6. The van der Waals surface area contributed by atoms with Crippen molar-refractivity contribution in [2.24, 2.45) is 0 Å². The van der Waals surface area contributed by atoms with Gasteiger partial charge in [0.15, 0.2) is 5.16 Å². The Bertz CT molecular complexity index is 1330. The molecule has 1 N–H and O–H groups in total. The summed E-state index contributed by atoms with van der Waals surface area (Å²) < 4.78 is 1.60. The predicted molar refractivity (Wildman–Crippen MR) is 128 cm³/mol. The zero-order valence-corrected chi connectivity index (χ0v) is 18.8. The SMILES string of the molecule is O=C(CSc1nc2sc3c(c2c(=O)n1-c1ccc(Cl)cc1)CCC3)Nc1ccccc1. The Morgan fingerprint density at radius 3 is 2.68 bits per heavy atom. The van der Waals surface area contributed by atoms with Crippen molar-refractivity contribution in [2.75, 3.05) is 11.1 Å². The molecule has 0 radical (unpaired) electrons. The van der Waals surface area contributed by atoms with Crippen LogP contribution in [0.2, 0.25) is 5.02 Å². The van der Waals surface area contributed by atoms with E-state index in [1.54, 1.807) is 40.2 Å². The summed E-state index contributed by atoms with van der Waals surface area (Å²) in [6.45, 7) is 0. The van der Waals surface area contributed by atoms with E-state index in [1.807, 2.05) is 30.3 Å². The lowest BCUT2D eigenvalue weighted by molar-refractivity contribution is -0.113. The maximum Gasteiger partial charge on any atom is 0.267 e. The molecule has 1 aliphatic rings. The lowest BCUT2D eigenvalue weighted by Gasteiger charge is -2.13. The smallest absolute Gasteiger partial charge is 0.267 e. The van der Waals surface area contributed by atoms with Crippen LogP contribution in [-0.2, 0) is 17.6 Å². The number of amides is 1. The Kier molecular flexibility index (Phi) is 5.56. The van der Waals surface area contributed by atoms with Crippen molar-refractivity contribution in [3.8, 4) is 5.69 Å². The minimum Gasteiger partial charge on any atom is -0.325 e. The number of fused-ring (bicyclic) bond motifs is 3. The van der Waals surface area contributed by atoms with Crippen molar-refractivity contribution < 1.29 is 4.79 Å². The number of nitrogens with zero attached hydrogens (tertiary/aromatic N) is 2. The molecule has 2 aromatic carbocycles. The number of aryl methyl sites for hydroxylation is 2. The number of thiophene rings is 1. The van der Waals surface area contributed by atoms with Crippen molar-refractivity contribution >= 4 is 56.5 Å². The summed E-state index contributed by atoms with van der Waals surface area (Å²) in [5, 5.41) is 4.68. The number of rotatable bonds is 5. The number of nitrogens with one attached hydrogen (secondary N) is 1. The van der Waals surface area contributed by atoms with E-state index < -0.39 is 0 Å². The van der Waals surface area contributed by atoms with E-state index in [4.69, 9.17) is 16.6 Å². The lowest BCUT2D eigenvalue weighted by atomic mass is 10.2. The fourth-order valence-electron chi connectivity index (χ4n) is 3.79. The molecule has 0 atom stereocenters. The van der Waals surface area contributed by atoms with E-state index >= 15 is 0 Å². The molecule has 0 spiro atoms. The van der Waals surface area contributed by atoms with Gasteiger partial charge in [0.25, 0.3) is 5.56 Å². The molecule has 0 bridgehead atoms. The van der Waals surface area contributed by atoms with Crippen LogP contribution in [-0.4, -0.2) is 21.2 Å². The normalized spacial score (nSPS) is 12.8. The molecule has 156 valence electrons. The summed E-state index contributed by atoms with van der Waals surface area (Å²) in [6, 6.07) is 16.4. The second-order valence-electron chi connectivity index (χ2n) is 7.25. The molecule has 8 heteroatoms. The van der Waals surface area contributed by atoms with E-state index in [-0.39, 0.29) is 17.2 Å². The predicted octanol–water partition coefficient (Wildman–Crippen LogP) is 5.32. The standard InChI is InChI=1S/C23H18ClN3O2S2/c24-14-9-11-16(12-10-14)27-22(29)20-17-7-4-8-18(17)31-21(20)26-23(27)30-13-19(28)25-15-5-2-1-3-6-15/h1-3,5-6,9-12H,4,7-8,13H2,(H,25,28). The zero-order valence-electron chi connectivity index (χ0n) is 16.4. The van der Waals surface area contributed by atoms with Crippen LogP contribution in [0.5, 0.6) is 0 Å². The number of para-hydroxylation sites is 1. The molecule has 1 amide bonds. The molecule has 31 heavy (non-hydrogen) atoms. The topological polar surface area (TPSA) is 64.0 Å². The fraction of sp³-hybridized carbons (Fsp3) is 0.174. The molecule has 0 saturated carbocycles. The van der Waals surface area contributed by atoms with E-state index in [1.165, 1.54) is 16.6 Å². The number of anilines is 1. The number of thioether (sulfide) groups is 1. The summed E-state index contributed by atoms with van der Waals surface area (Å²) >= 11 is 8.91. The van der Waals surface area contributed by atoms with Gasteiger partial charge in [0, 0.05) is 15.6 Å². The molecular formula is C23H18ClN3O2S2. The molecule has 0 saturated heterocycles. The summed E-state index contributed by atoms with van der Waals surface area (Å²) in [7, 11) is 0. The third kappa shape index (κ3) is 4.01. The van der Waals surface area contributed by atoms with Crippen LogP contribution >= 0.6 is 34.7 Å². The second-order valence-corrected chi connectivity index (χ2v) is 9.71. The highest BCUT2D eigenvalue weighted by molar-refractivity contribution is 7.99. The highest BCUT2D eigenvalue weighted by Crippen LogP contribution is 2.36. The van der Waals surface area contributed by atoms with E-state index in [0.29, 0.717) is 21.3 Å². The molecule has 2 heterocycles. The first kappa shape index (κ1) is 20.3. The number of halogens is 1. The van der Waals surface area contributed by atoms with Crippen LogP contribution in [0.1, 0.15) is 16.9 Å². The quantitative estimate of drug-likeness (QED) is 0.318. The largest absolute Gasteiger partial charge is 0.325 e. The summed E-state index contributed by atoms with van der Waals surface area (Å²) in [4.78, 5) is 32.9. The zero-order chi connectivity index (χ0) is 21.4. The number of aromatic nitrogens is 2. The Morgan fingerprint density at radius 2 is 1.90 bits per heavy atom. The van der Waals surface area contributed by atoms with Gasteiger partial charge in [-0.2, -0.15) is 0 Å². The molecule has 4 aromatic rings. The van der Waals surface area contributed by atoms with E-state index in [2.05, 4.69) is 5.32 Å². The molecule has 0 unspecified atom stereocenters. The number of carbonyl (C=O) groups excluding carboxylic acids is 1. The van der Waals surface area contributed by atoms with Gasteiger partial charge in [0.1, 0.15) is 4.83 Å². The van der Waals surface area contributed by atoms with Gasteiger partial charge in [0.05, 0.1) is 16.8 Å². The molecule has 0 fully saturated rings. The van der Waals surface area contributed by atoms with Gasteiger partial charge in [-0.25, -0.2) is 4.98 Å². The lowest BCUT2D eigenvalue weighted by Crippen LogP contribution is -2.23. The Morgan fingerprint density at radius 1 is 1.13 bits per heavy atom. The number of carbonyl (C=O) groups is 1. The molecule has 1 aliphatic carbocycles. The second kappa shape index (κ2) is 8.49. The summed E-state index contributed by atoms with van der Waals surface area (Å²) in [5.41, 5.74) is 2.48. The van der Waals surface area contributed by atoms with Crippen molar-refractivity contribution in [2.45, 2.75) is 24.4 Å². The fourth-order valence-corrected chi connectivity index (χ4v) is 6.03. The third-order valence-corrected chi connectivity index (χ3v) is 7.56. The molecule has 2 aromatic heterocycles. The van der Waals surface area contributed by atoms with Gasteiger partial charge >= 0.3 is 0 Å². The maximum absolute atomic E-state index is 13.6. The monoisotopic (exact) mass is 467 g/mol. The van der Waals surface area contributed by atoms with Crippen molar-refractivity contribution in [1.82, 2.24) is 9.55 Å². The van der Waals surface area contributed by atoms with Gasteiger partial charge in [-0.15, -0.1) is 11.3 Å². The molecule has 5 rings (SSSR count). The molecule has 0 aliphatic heterocycles. The first-order chi connectivity index (χ1) is 15.1. The molecular weight excluding hydrogens is 450 g/mol. The van der Waals surface area contributed by atoms with Crippen LogP contribution in [0.4, 0.5) is 5.69 Å². The third-order valence-electron chi connectivity index (χ3n) is 5.18. The van der Waals surface area contributed by atoms with Gasteiger partial charge in [0.2, 0.25) is 5.91 Å². The first-order valence-corrected chi connectivity index (χ1v) is 12.1. The highest BCUT2D eigenvalue weighted by atomic mass is 35.5. The van der Waals surface area contributed by atoms with Gasteiger partial charge in [-0.05, 0) is 61.2 Å². The minimum atomic E-state index is -0.151. The first-order valence-electron chi connectivity index (χ1n) is 9.91. The summed E-state index contributed by atoms with van der Waals surface area (Å²) in [5.74, 6) is -0.00668. The summed E-state index contributed by atoms with van der Waals surface area (Å²) in [6.07, 6.45) is 2.99. The van der Waals surface area contributed by atoms with Crippen LogP contribution in [0, 0.1) is 0 Å². The van der Waals surface area contributed by atoms with Crippen LogP contribution in [0.3, 0.4) is 0 Å². The average Bonchev–Trinajstić information content (AvgIpc) is 3.35. The van der Waals surface area contributed by atoms with Gasteiger partial charge in [-0.1, -0.05) is 41.6 Å². The van der Waals surface area contributed by atoms with Crippen molar-refractivity contribution in [3.05, 3.63) is 80.4 Å². The average molecular weight is 468 g/mol. The Hall–Kier alpha value is -2.61. The number of benzene rings is 2. The van der Waals surface area contributed by atoms with Gasteiger partial charge < -0.3 is 5.32 Å². The minimum absolute atomic E-state index is 0.0855. The van der Waals surface area contributed by atoms with Gasteiger partial charge in [-0.3, -0.25) is 14.2 Å². The highest BCUT2D eigenvalue weighted by Gasteiger charge is 2.24. The number of hydrogen-bond donors (Lipinski definition) is 1. The van der Waals surface area contributed by atoms with Crippen molar-refractivity contribution in [3.63, 3.8) is 0 Å². The Balaban J connectivity index is 1.53. The number of hydrogen-bond acceptors (Lipinski definition) is 5. The van der Waals surface area contributed by atoms with Crippen LogP contribution < -0.4 is 10.9 Å². The Labute approximate surface area is 192 Å². The molecule has 5 nitrogen and oxygen atoms in total. The van der Waals surface area contributed by atoms with E-state index in [0.717, 1.165) is 35.3 Å². The van der Waals surface area contributed by atoms with Crippen LogP contribution in [0.25, 0.3) is 15.9 Å².